The summed E-state index contributed by atoms with van der Waals surface area (Å²) in [6.07, 6.45) is 5.21. The lowest BCUT2D eigenvalue weighted by molar-refractivity contribution is -0.137. The second kappa shape index (κ2) is 8.23. The van der Waals surface area contributed by atoms with Gasteiger partial charge in [-0.05, 0) is 31.0 Å². The van der Waals surface area contributed by atoms with E-state index in [9.17, 15) is 9.59 Å². The largest absolute Gasteiger partial charge is 0.487 e. The van der Waals surface area contributed by atoms with Gasteiger partial charge >= 0.3 is 0 Å². The van der Waals surface area contributed by atoms with Crippen LogP contribution < -0.4 is 15.4 Å². The van der Waals surface area contributed by atoms with Crippen molar-refractivity contribution in [3.05, 3.63) is 36.7 Å². The molecule has 2 fully saturated rings. The highest BCUT2D eigenvalue weighted by Crippen LogP contribution is 2.35. The van der Waals surface area contributed by atoms with Gasteiger partial charge in [-0.3, -0.25) is 9.59 Å². The summed E-state index contributed by atoms with van der Waals surface area (Å²) >= 11 is 0. The van der Waals surface area contributed by atoms with Crippen LogP contribution >= 0.6 is 0 Å². The van der Waals surface area contributed by atoms with Crippen LogP contribution in [-0.2, 0) is 9.59 Å². The minimum Gasteiger partial charge on any atom is -0.487 e. The van der Waals surface area contributed by atoms with E-state index in [1.165, 1.54) is 0 Å². The van der Waals surface area contributed by atoms with E-state index < -0.39 is 0 Å². The molecule has 0 radical (unpaired) electrons. The maximum Gasteiger partial charge on any atom is 0.229 e. The third kappa shape index (κ3) is 4.01. The first-order valence-electron chi connectivity index (χ1n) is 11.6. The van der Waals surface area contributed by atoms with Crippen LogP contribution in [0.5, 0.6) is 5.75 Å². The topological polar surface area (TPSA) is 122 Å². The number of nitrogens with zero attached hydrogens (tertiary/aromatic N) is 4. The Hall–Kier alpha value is -4.21. The van der Waals surface area contributed by atoms with Gasteiger partial charge in [0.2, 0.25) is 17.7 Å². The van der Waals surface area contributed by atoms with Crippen molar-refractivity contribution in [2.75, 3.05) is 30.8 Å². The van der Waals surface area contributed by atoms with Crippen molar-refractivity contribution < 1.29 is 18.7 Å². The zero-order valence-electron chi connectivity index (χ0n) is 19.4. The molecule has 0 bridgehead atoms. The quantitative estimate of drug-likeness (QED) is 0.438. The molecule has 4 aromatic rings. The number of likely N-dealkylation sites (tertiary alicyclic amines) is 1. The smallest absolute Gasteiger partial charge is 0.229 e. The lowest BCUT2D eigenvalue weighted by Crippen LogP contribution is -2.55. The van der Waals surface area contributed by atoms with Crippen molar-refractivity contribution >= 4 is 45.3 Å². The van der Waals surface area contributed by atoms with Crippen molar-refractivity contribution in [3.8, 4) is 17.2 Å². The Morgan fingerprint density at radius 1 is 1.11 bits per heavy atom. The minimum absolute atomic E-state index is 0.00595. The summed E-state index contributed by atoms with van der Waals surface area (Å²) < 4.78 is 12.1. The molecule has 1 aliphatic heterocycles. The predicted octanol–water partition coefficient (Wildman–Crippen LogP) is 3.44. The van der Waals surface area contributed by atoms with Crippen LogP contribution in [0.2, 0.25) is 0 Å². The first-order valence-corrected chi connectivity index (χ1v) is 11.6. The average molecular weight is 473 g/mol. The molecule has 178 valence electrons. The Morgan fingerprint density at radius 3 is 2.69 bits per heavy atom. The van der Waals surface area contributed by atoms with E-state index in [0.717, 1.165) is 23.6 Å². The van der Waals surface area contributed by atoms with Gasteiger partial charge in [0, 0.05) is 49.1 Å². The van der Waals surface area contributed by atoms with Gasteiger partial charge in [0.05, 0.1) is 18.7 Å². The summed E-state index contributed by atoms with van der Waals surface area (Å²) in [6, 6.07) is 7.32. The fourth-order valence-electron chi connectivity index (χ4n) is 4.20. The monoisotopic (exact) mass is 472 g/mol. The molecule has 0 unspecified atom stereocenters. The number of carbonyl (C=O) groups is 2. The predicted molar refractivity (Wildman–Crippen MR) is 130 cm³/mol. The number of carbonyl (C=O) groups excluding carboxylic acids is 2. The van der Waals surface area contributed by atoms with Gasteiger partial charge in [0.25, 0.3) is 0 Å². The number of aromatic nitrogens is 3. The number of anilines is 2. The molecule has 2 amide bonds. The fraction of sp³-hybridized carbons (Fsp3) is 0.320. The third-order valence-corrected chi connectivity index (χ3v) is 6.39. The number of hydrogen-bond donors (Lipinski definition) is 2. The first kappa shape index (κ1) is 21.3. The number of oxazole rings is 1. The summed E-state index contributed by atoms with van der Waals surface area (Å²) in [5.41, 5.74) is 1.97. The van der Waals surface area contributed by atoms with E-state index in [0.29, 0.717) is 53.0 Å². The SMILES string of the molecule is CNc1ncc(-c2nc3cc(OC4CN(C(C)=O)C4)ccc3o2)c2cc(NC(=O)C3CC3)ncc12. The maximum absolute atomic E-state index is 12.3. The Labute approximate surface area is 200 Å². The van der Waals surface area contributed by atoms with E-state index in [1.54, 1.807) is 31.3 Å². The van der Waals surface area contributed by atoms with Crippen LogP contribution in [0.3, 0.4) is 0 Å². The molecule has 3 aromatic heterocycles. The van der Waals surface area contributed by atoms with Gasteiger partial charge in [0.1, 0.15) is 29.0 Å². The normalized spacial score (nSPS) is 15.8. The van der Waals surface area contributed by atoms with Crippen LogP contribution in [0, 0.1) is 5.92 Å². The Balaban J connectivity index is 1.33. The highest BCUT2D eigenvalue weighted by Gasteiger charge is 2.31. The molecule has 2 N–H and O–H groups in total. The molecule has 10 nitrogen and oxygen atoms in total. The van der Waals surface area contributed by atoms with Crippen molar-refractivity contribution in [2.24, 2.45) is 5.92 Å². The van der Waals surface area contributed by atoms with Crippen LogP contribution in [0.25, 0.3) is 33.3 Å². The molecule has 0 atom stereocenters. The first-order chi connectivity index (χ1) is 17.0. The van der Waals surface area contributed by atoms with E-state index >= 15 is 0 Å². The molecule has 35 heavy (non-hydrogen) atoms. The van der Waals surface area contributed by atoms with Crippen LogP contribution in [0.4, 0.5) is 11.6 Å². The number of benzene rings is 1. The lowest BCUT2D eigenvalue weighted by atomic mass is 10.1. The Bertz CT molecular complexity index is 1470. The van der Waals surface area contributed by atoms with E-state index in [2.05, 4.69) is 20.6 Å². The number of amides is 2. The van der Waals surface area contributed by atoms with Crippen molar-refractivity contribution in [3.63, 3.8) is 0 Å². The molecule has 10 heteroatoms. The van der Waals surface area contributed by atoms with Crippen molar-refractivity contribution in [1.29, 1.82) is 0 Å². The fourth-order valence-corrected chi connectivity index (χ4v) is 4.20. The second-order valence-corrected chi connectivity index (χ2v) is 8.96. The second-order valence-electron chi connectivity index (χ2n) is 8.96. The standard InChI is InChI=1S/C25H24N6O4/c1-13(32)31-11-16(12-31)34-15-5-6-21-20(7-15)29-25(35-21)19-10-28-23(26-2)18-9-27-22(8-17(18)19)30-24(33)14-3-4-14/h5-10,14,16H,3-4,11-12H2,1-2H3,(H,26,28)(H,27,30,33). The molecule has 1 aromatic carbocycles. The van der Waals surface area contributed by atoms with E-state index in [-0.39, 0.29) is 23.8 Å². The van der Waals surface area contributed by atoms with Crippen LogP contribution in [0.1, 0.15) is 19.8 Å². The molecule has 1 saturated heterocycles. The van der Waals surface area contributed by atoms with Gasteiger partial charge in [-0.2, -0.15) is 0 Å². The molecule has 6 rings (SSSR count). The number of nitrogens with one attached hydrogen (secondary N) is 2. The van der Waals surface area contributed by atoms with Gasteiger partial charge in [-0.15, -0.1) is 0 Å². The molecular weight excluding hydrogens is 448 g/mol. The van der Waals surface area contributed by atoms with Crippen LogP contribution in [0.15, 0.2) is 41.1 Å². The van der Waals surface area contributed by atoms with Gasteiger partial charge in [0.15, 0.2) is 5.58 Å². The van der Waals surface area contributed by atoms with Gasteiger partial charge in [-0.1, -0.05) is 0 Å². The molecule has 1 saturated carbocycles. The van der Waals surface area contributed by atoms with Gasteiger partial charge < -0.3 is 24.7 Å². The summed E-state index contributed by atoms with van der Waals surface area (Å²) in [6.45, 7) is 2.72. The zero-order valence-corrected chi connectivity index (χ0v) is 19.4. The van der Waals surface area contributed by atoms with Crippen molar-refractivity contribution in [1.82, 2.24) is 19.9 Å². The molecule has 4 heterocycles. The molecule has 2 aliphatic rings. The number of pyridine rings is 2. The highest BCUT2D eigenvalue weighted by atomic mass is 16.5. The Morgan fingerprint density at radius 2 is 1.94 bits per heavy atom. The summed E-state index contributed by atoms with van der Waals surface area (Å²) in [4.78, 5) is 39.0. The summed E-state index contributed by atoms with van der Waals surface area (Å²) in [5.74, 6) is 2.36. The molecular formula is C25H24N6O4. The number of ether oxygens (including phenoxy) is 1. The third-order valence-electron chi connectivity index (χ3n) is 6.39. The minimum atomic E-state index is -0.0262. The lowest BCUT2D eigenvalue weighted by Gasteiger charge is -2.38. The zero-order chi connectivity index (χ0) is 24.1. The maximum atomic E-state index is 12.3. The summed E-state index contributed by atoms with van der Waals surface area (Å²) in [7, 11) is 1.79. The highest BCUT2D eigenvalue weighted by molar-refractivity contribution is 6.03. The van der Waals surface area contributed by atoms with E-state index in [4.69, 9.17) is 14.1 Å². The Kier molecular flexibility index (Phi) is 5.01. The summed E-state index contributed by atoms with van der Waals surface area (Å²) in [5, 5.41) is 7.59. The molecule has 0 spiro atoms. The number of fused-ring (bicyclic) bond motifs is 2. The number of rotatable bonds is 6. The average Bonchev–Trinajstić information content (AvgIpc) is 3.59. The van der Waals surface area contributed by atoms with Crippen molar-refractivity contribution in [2.45, 2.75) is 25.9 Å². The number of hydrogen-bond acceptors (Lipinski definition) is 8. The van der Waals surface area contributed by atoms with E-state index in [1.807, 2.05) is 24.3 Å². The van der Waals surface area contributed by atoms with Crippen LogP contribution in [-0.4, -0.2) is 57.9 Å². The van der Waals surface area contributed by atoms with Gasteiger partial charge in [-0.25, -0.2) is 15.0 Å². The molecule has 1 aliphatic carbocycles.